The molecule has 0 unspecified atom stereocenters. The van der Waals surface area contributed by atoms with Gasteiger partial charge in [0, 0.05) is 13.5 Å². The highest BCUT2D eigenvalue weighted by molar-refractivity contribution is 5.75. The van der Waals surface area contributed by atoms with E-state index in [1.165, 1.54) is 77.0 Å². The van der Waals surface area contributed by atoms with Crippen molar-refractivity contribution in [2.24, 2.45) is 0 Å². The standard InChI is InChI=1S/C17H34NO/c1-3-4-5-6-7-8-9-10-11-12-13-14-15-16-17(19)18-2/h2-16H2,1H3,(H,18,19). The zero-order valence-electron chi connectivity index (χ0n) is 13.0. The molecule has 0 aliphatic rings. The van der Waals surface area contributed by atoms with E-state index in [-0.39, 0.29) is 5.91 Å². The third-order valence-corrected chi connectivity index (χ3v) is 3.70. The maximum Gasteiger partial charge on any atom is 0.220 e. The molecule has 1 amide bonds. The van der Waals surface area contributed by atoms with Gasteiger partial charge in [-0.3, -0.25) is 4.79 Å². The smallest absolute Gasteiger partial charge is 0.220 e. The molecule has 0 aliphatic heterocycles. The minimum atomic E-state index is 0.0723. The van der Waals surface area contributed by atoms with Crippen molar-refractivity contribution in [3.63, 3.8) is 0 Å². The Labute approximate surface area is 120 Å². The van der Waals surface area contributed by atoms with E-state index in [0.29, 0.717) is 6.42 Å². The van der Waals surface area contributed by atoms with Gasteiger partial charge in [0.15, 0.2) is 0 Å². The van der Waals surface area contributed by atoms with Gasteiger partial charge in [0.05, 0.1) is 0 Å². The second-order valence-electron chi connectivity index (χ2n) is 5.59. The quantitative estimate of drug-likeness (QED) is 0.421. The van der Waals surface area contributed by atoms with E-state index >= 15 is 0 Å². The monoisotopic (exact) mass is 268 g/mol. The summed E-state index contributed by atoms with van der Waals surface area (Å²) in [4.78, 5) is 10.9. The van der Waals surface area contributed by atoms with E-state index < -0.39 is 0 Å². The number of hydrogen-bond acceptors (Lipinski definition) is 1. The van der Waals surface area contributed by atoms with Gasteiger partial charge in [0.25, 0.3) is 0 Å². The molecule has 0 bridgehead atoms. The van der Waals surface area contributed by atoms with Crippen molar-refractivity contribution in [2.75, 3.05) is 0 Å². The largest absolute Gasteiger partial charge is 0.354 e. The molecule has 0 aromatic heterocycles. The van der Waals surface area contributed by atoms with Crippen molar-refractivity contribution in [3.05, 3.63) is 7.05 Å². The first kappa shape index (κ1) is 18.5. The molecule has 1 radical (unpaired) electrons. The van der Waals surface area contributed by atoms with Crippen molar-refractivity contribution in [1.82, 2.24) is 5.32 Å². The summed E-state index contributed by atoms with van der Waals surface area (Å²) >= 11 is 0. The van der Waals surface area contributed by atoms with Gasteiger partial charge in [0.2, 0.25) is 5.91 Å². The van der Waals surface area contributed by atoms with Gasteiger partial charge in [-0.1, -0.05) is 84.0 Å². The number of unbranched alkanes of at least 4 members (excludes halogenated alkanes) is 12. The van der Waals surface area contributed by atoms with Crippen molar-refractivity contribution in [3.8, 4) is 0 Å². The second-order valence-corrected chi connectivity index (χ2v) is 5.59. The zero-order chi connectivity index (χ0) is 14.2. The zero-order valence-corrected chi connectivity index (χ0v) is 13.0. The lowest BCUT2D eigenvalue weighted by molar-refractivity contribution is -0.120. The first-order chi connectivity index (χ1) is 9.31. The fraction of sp³-hybridized carbons (Fsp3) is 0.882. The minimum Gasteiger partial charge on any atom is -0.354 e. The average molecular weight is 268 g/mol. The van der Waals surface area contributed by atoms with Crippen LogP contribution in [0.5, 0.6) is 0 Å². The van der Waals surface area contributed by atoms with Gasteiger partial charge in [-0.05, 0) is 6.42 Å². The third-order valence-electron chi connectivity index (χ3n) is 3.70. The Kier molecular flexibility index (Phi) is 15.1. The summed E-state index contributed by atoms with van der Waals surface area (Å²) < 4.78 is 0. The Morgan fingerprint density at radius 2 is 1.11 bits per heavy atom. The van der Waals surface area contributed by atoms with E-state index in [2.05, 4.69) is 19.3 Å². The number of amides is 1. The molecule has 0 aliphatic carbocycles. The van der Waals surface area contributed by atoms with Crippen LogP contribution >= 0.6 is 0 Å². The molecule has 0 fully saturated rings. The number of carbonyl (C=O) groups excluding carboxylic acids is 1. The topological polar surface area (TPSA) is 29.1 Å². The fourth-order valence-corrected chi connectivity index (χ4v) is 2.39. The Balaban J connectivity index is 2.97. The van der Waals surface area contributed by atoms with Crippen molar-refractivity contribution < 1.29 is 4.79 Å². The van der Waals surface area contributed by atoms with Gasteiger partial charge >= 0.3 is 0 Å². The highest BCUT2D eigenvalue weighted by atomic mass is 16.1. The average Bonchev–Trinajstić information content (AvgIpc) is 2.43. The molecule has 1 N–H and O–H groups in total. The first-order valence-corrected chi connectivity index (χ1v) is 8.37. The molecule has 0 heterocycles. The summed E-state index contributed by atoms with van der Waals surface area (Å²) in [5.74, 6) is 0.0723. The molecule has 0 rings (SSSR count). The Bertz CT molecular complexity index is 192. The minimum absolute atomic E-state index is 0.0723. The highest BCUT2D eigenvalue weighted by Crippen LogP contribution is 2.12. The van der Waals surface area contributed by atoms with Gasteiger partial charge in [-0.25, -0.2) is 0 Å². The normalized spacial score (nSPS) is 10.6. The molecular formula is C17H34NO. The van der Waals surface area contributed by atoms with Crippen LogP contribution in [-0.2, 0) is 4.79 Å². The summed E-state index contributed by atoms with van der Waals surface area (Å²) in [5, 5.41) is 2.42. The molecule has 19 heavy (non-hydrogen) atoms. The lowest BCUT2D eigenvalue weighted by Crippen LogP contribution is -2.14. The summed E-state index contributed by atoms with van der Waals surface area (Å²) in [7, 11) is 3.37. The van der Waals surface area contributed by atoms with Crippen molar-refractivity contribution >= 4 is 5.91 Å². The lowest BCUT2D eigenvalue weighted by Gasteiger charge is -2.03. The molecule has 0 atom stereocenters. The lowest BCUT2D eigenvalue weighted by atomic mass is 10.0. The van der Waals surface area contributed by atoms with Crippen LogP contribution in [0, 0.1) is 7.05 Å². The molecule has 0 saturated carbocycles. The molecule has 2 nitrogen and oxygen atoms in total. The van der Waals surface area contributed by atoms with Crippen LogP contribution in [0.1, 0.15) is 96.8 Å². The Morgan fingerprint density at radius 3 is 1.47 bits per heavy atom. The summed E-state index contributed by atoms with van der Waals surface area (Å²) in [6, 6.07) is 0. The van der Waals surface area contributed by atoms with Crippen LogP contribution in [0.2, 0.25) is 0 Å². The number of carbonyl (C=O) groups is 1. The van der Waals surface area contributed by atoms with Gasteiger partial charge in [0.1, 0.15) is 0 Å². The van der Waals surface area contributed by atoms with Gasteiger partial charge < -0.3 is 5.32 Å². The number of nitrogens with one attached hydrogen (secondary N) is 1. The Morgan fingerprint density at radius 1 is 0.737 bits per heavy atom. The maximum absolute atomic E-state index is 10.9. The number of rotatable bonds is 14. The molecule has 0 saturated heterocycles. The van der Waals surface area contributed by atoms with E-state index in [9.17, 15) is 4.79 Å². The van der Waals surface area contributed by atoms with E-state index in [1.807, 2.05) is 0 Å². The fourth-order valence-electron chi connectivity index (χ4n) is 2.39. The predicted molar refractivity (Wildman–Crippen MR) is 83.8 cm³/mol. The van der Waals surface area contributed by atoms with Gasteiger partial charge in [-0.15, -0.1) is 0 Å². The van der Waals surface area contributed by atoms with E-state index in [4.69, 9.17) is 0 Å². The SMILES string of the molecule is [CH2]NC(=O)CCCCCCCCCCCCCCC. The first-order valence-electron chi connectivity index (χ1n) is 8.37. The molecule has 0 aromatic rings. The van der Waals surface area contributed by atoms with Gasteiger partial charge in [-0.2, -0.15) is 0 Å². The van der Waals surface area contributed by atoms with Crippen LogP contribution in [0.4, 0.5) is 0 Å². The molecular weight excluding hydrogens is 234 g/mol. The summed E-state index contributed by atoms with van der Waals surface area (Å²) in [6.07, 6.45) is 18.1. The van der Waals surface area contributed by atoms with Crippen LogP contribution in [0.3, 0.4) is 0 Å². The highest BCUT2D eigenvalue weighted by Gasteiger charge is 1.97. The molecule has 0 aromatic carbocycles. The Hall–Kier alpha value is -0.530. The van der Waals surface area contributed by atoms with E-state index in [0.717, 1.165) is 6.42 Å². The molecule has 0 spiro atoms. The van der Waals surface area contributed by atoms with Crippen LogP contribution in [-0.4, -0.2) is 5.91 Å². The van der Waals surface area contributed by atoms with Crippen LogP contribution in [0.25, 0.3) is 0 Å². The number of hydrogen-bond donors (Lipinski definition) is 1. The van der Waals surface area contributed by atoms with Crippen molar-refractivity contribution in [2.45, 2.75) is 96.8 Å². The van der Waals surface area contributed by atoms with Crippen molar-refractivity contribution in [1.29, 1.82) is 0 Å². The summed E-state index contributed by atoms with van der Waals surface area (Å²) in [6.45, 7) is 2.27. The van der Waals surface area contributed by atoms with Crippen LogP contribution < -0.4 is 5.32 Å². The summed E-state index contributed by atoms with van der Waals surface area (Å²) in [5.41, 5.74) is 0. The third kappa shape index (κ3) is 15.4. The molecule has 2 heteroatoms. The predicted octanol–water partition coefficient (Wildman–Crippen LogP) is 5.38. The van der Waals surface area contributed by atoms with Crippen LogP contribution in [0.15, 0.2) is 0 Å². The van der Waals surface area contributed by atoms with E-state index in [1.54, 1.807) is 0 Å². The second kappa shape index (κ2) is 15.5. The maximum atomic E-state index is 10.9. The molecule has 113 valence electrons.